The van der Waals surface area contributed by atoms with E-state index in [0.29, 0.717) is 0 Å². The zero-order valence-corrected chi connectivity index (χ0v) is 36.0. The maximum atomic E-state index is 2.54. The third-order valence-corrected chi connectivity index (χ3v) is 18.4. The minimum Gasteiger partial charge on any atom is -0.309 e. The molecule has 0 saturated carbocycles. The van der Waals surface area contributed by atoms with Crippen molar-refractivity contribution in [2.24, 2.45) is 0 Å². The quantitative estimate of drug-likeness (QED) is 0.112. The van der Waals surface area contributed by atoms with E-state index >= 15 is 0 Å². The van der Waals surface area contributed by atoms with Crippen molar-refractivity contribution in [2.45, 2.75) is 0 Å². The Balaban J connectivity index is 1.23. The summed E-state index contributed by atoms with van der Waals surface area (Å²) >= 11 is 0. The molecule has 0 radical (unpaired) electrons. The molecule has 3 nitrogen and oxygen atoms in total. The first kappa shape index (κ1) is 36.5. The van der Waals surface area contributed by atoms with Crippen molar-refractivity contribution in [1.29, 1.82) is 0 Å². The van der Waals surface area contributed by atoms with Crippen LogP contribution in [0.2, 0.25) is 0 Å². The zero-order chi connectivity index (χ0) is 42.2. The average molecular weight is 832 g/mol. The normalized spacial score (nSPS) is 12.1. The van der Waals surface area contributed by atoms with E-state index in [1.807, 2.05) is 0 Å². The number of para-hydroxylation sites is 4. The first-order valence-corrected chi connectivity index (χ1v) is 24.1. The predicted octanol–water partition coefficient (Wildman–Crippen LogP) is 12.4. The molecule has 13 rings (SSSR count). The number of nitrogens with zero attached hydrogens (tertiary/aromatic N) is 3. The van der Waals surface area contributed by atoms with Gasteiger partial charge in [0.25, 0.3) is 0 Å². The van der Waals surface area contributed by atoms with Crippen LogP contribution < -0.4 is 20.7 Å². The fourth-order valence-corrected chi connectivity index (χ4v) is 16.0. The lowest BCUT2D eigenvalue weighted by molar-refractivity contribution is 1.15. The van der Waals surface area contributed by atoms with E-state index in [4.69, 9.17) is 0 Å². The summed E-state index contributed by atoms with van der Waals surface area (Å²) in [7, 11) is -3.03. The first-order valence-electron chi connectivity index (χ1n) is 22.1. The number of rotatable bonds is 7. The number of benzene rings is 10. The van der Waals surface area contributed by atoms with Gasteiger partial charge in [-0.1, -0.05) is 188 Å². The molecule has 300 valence electrons. The highest BCUT2D eigenvalue weighted by molar-refractivity contribution is 7.20. The lowest BCUT2D eigenvalue weighted by atomic mass is 10.1. The number of hydrogen-bond acceptors (Lipinski definition) is 0. The number of fused-ring (bicyclic) bond motifs is 9. The van der Waals surface area contributed by atoms with Crippen molar-refractivity contribution < 1.29 is 0 Å². The maximum absolute atomic E-state index is 3.03. The summed E-state index contributed by atoms with van der Waals surface area (Å²) in [6, 6.07) is 92.4. The second kappa shape index (κ2) is 14.5. The summed E-state index contributed by atoms with van der Waals surface area (Å²) in [5.74, 6) is 0. The fraction of sp³-hybridized carbons (Fsp3) is 0. The molecular formula is C60H41N3Si. The molecule has 3 heterocycles. The molecule has 0 saturated heterocycles. The molecule has 0 unspecified atom stereocenters. The smallest absolute Gasteiger partial charge is 0.180 e. The molecule has 0 amide bonds. The van der Waals surface area contributed by atoms with E-state index in [0.717, 1.165) is 11.4 Å². The molecule has 0 aliphatic rings. The predicted molar refractivity (Wildman–Crippen MR) is 273 cm³/mol. The molecular weight excluding hydrogens is 791 g/mol. The van der Waals surface area contributed by atoms with Gasteiger partial charge in [0.15, 0.2) is 8.07 Å². The largest absolute Gasteiger partial charge is 0.309 e. The van der Waals surface area contributed by atoms with E-state index in [2.05, 4.69) is 262 Å². The molecule has 0 bridgehead atoms. The summed E-state index contributed by atoms with van der Waals surface area (Å²) in [6.07, 6.45) is 0. The van der Waals surface area contributed by atoms with Gasteiger partial charge in [0.2, 0.25) is 0 Å². The van der Waals surface area contributed by atoms with Gasteiger partial charge in [-0.25, -0.2) is 0 Å². The van der Waals surface area contributed by atoms with E-state index in [9.17, 15) is 0 Å². The number of hydrogen-bond donors (Lipinski definition) is 0. The lowest BCUT2D eigenvalue weighted by Crippen LogP contribution is -2.74. The van der Waals surface area contributed by atoms with Crippen LogP contribution >= 0.6 is 0 Å². The van der Waals surface area contributed by atoms with E-state index < -0.39 is 8.07 Å². The summed E-state index contributed by atoms with van der Waals surface area (Å²) in [4.78, 5) is 0. The lowest BCUT2D eigenvalue weighted by Gasteiger charge is -2.35. The van der Waals surface area contributed by atoms with E-state index in [1.54, 1.807) is 0 Å². The van der Waals surface area contributed by atoms with Crippen molar-refractivity contribution in [3.8, 4) is 17.1 Å². The van der Waals surface area contributed by atoms with Crippen LogP contribution in [0.1, 0.15) is 0 Å². The highest BCUT2D eigenvalue weighted by Gasteiger charge is 2.43. The third-order valence-electron chi connectivity index (χ3n) is 13.6. The van der Waals surface area contributed by atoms with Crippen LogP contribution in [0.3, 0.4) is 0 Å². The zero-order valence-electron chi connectivity index (χ0n) is 35.0. The number of aromatic nitrogens is 3. The molecule has 64 heavy (non-hydrogen) atoms. The molecule has 0 spiro atoms. The Morgan fingerprint density at radius 3 is 1.20 bits per heavy atom. The fourth-order valence-electron chi connectivity index (χ4n) is 11.0. The van der Waals surface area contributed by atoms with Crippen LogP contribution in [0.25, 0.3) is 82.5 Å². The van der Waals surface area contributed by atoms with Crippen LogP contribution in [-0.4, -0.2) is 21.8 Å². The summed E-state index contributed by atoms with van der Waals surface area (Å²) in [6.45, 7) is 0. The van der Waals surface area contributed by atoms with Crippen molar-refractivity contribution in [3.63, 3.8) is 0 Å². The van der Waals surface area contributed by atoms with Gasteiger partial charge in [0.05, 0.1) is 38.8 Å². The van der Waals surface area contributed by atoms with Gasteiger partial charge in [0.1, 0.15) is 0 Å². The van der Waals surface area contributed by atoms with Crippen molar-refractivity contribution in [2.75, 3.05) is 0 Å². The molecule has 3 aromatic heterocycles. The molecule has 13 aromatic rings. The topological polar surface area (TPSA) is 14.8 Å². The Morgan fingerprint density at radius 1 is 0.250 bits per heavy atom. The minimum atomic E-state index is -3.03. The molecule has 0 N–H and O–H groups in total. The minimum absolute atomic E-state index is 1.12. The van der Waals surface area contributed by atoms with Crippen LogP contribution in [0.5, 0.6) is 0 Å². The Labute approximate surface area is 372 Å². The summed E-state index contributed by atoms with van der Waals surface area (Å²) in [5, 5.41) is 12.9. The highest BCUT2D eigenvalue weighted by atomic mass is 28.3. The maximum Gasteiger partial charge on any atom is 0.180 e. The summed E-state index contributed by atoms with van der Waals surface area (Å²) < 4.78 is 7.48. The van der Waals surface area contributed by atoms with Gasteiger partial charge in [-0.3, -0.25) is 0 Å². The monoisotopic (exact) mass is 831 g/mol. The second-order valence-electron chi connectivity index (χ2n) is 16.8. The van der Waals surface area contributed by atoms with Gasteiger partial charge in [-0.2, -0.15) is 0 Å². The highest BCUT2D eigenvalue weighted by Crippen LogP contribution is 2.41. The molecule has 4 heteroatoms. The summed E-state index contributed by atoms with van der Waals surface area (Å²) in [5.41, 5.74) is 10.6. The molecule has 0 aliphatic heterocycles. The van der Waals surface area contributed by atoms with Crippen LogP contribution in [0.4, 0.5) is 0 Å². The first-order chi connectivity index (χ1) is 31.8. The third kappa shape index (κ3) is 5.21. The van der Waals surface area contributed by atoms with Crippen LogP contribution in [0, 0.1) is 0 Å². The van der Waals surface area contributed by atoms with Gasteiger partial charge < -0.3 is 13.7 Å². The van der Waals surface area contributed by atoms with E-state index in [1.165, 1.54) is 91.9 Å². The van der Waals surface area contributed by atoms with Crippen molar-refractivity contribution in [1.82, 2.24) is 13.7 Å². The van der Waals surface area contributed by atoms with Gasteiger partial charge in [-0.15, -0.1) is 0 Å². The molecule has 0 aliphatic carbocycles. The van der Waals surface area contributed by atoms with Gasteiger partial charge in [-0.05, 0) is 81.4 Å². The Hall–Kier alpha value is -8.18. The molecule has 0 atom stereocenters. The van der Waals surface area contributed by atoms with Gasteiger partial charge in [0, 0.05) is 43.7 Å². The van der Waals surface area contributed by atoms with Crippen LogP contribution in [0.15, 0.2) is 249 Å². The Morgan fingerprint density at radius 2 is 0.656 bits per heavy atom. The SMILES string of the molecule is c1ccc(-n2c3ccccc3c3ccc(-n4c5cccc(-n6c7ccccc7c7ccccc76)c5c5c([Si](c6ccccc6)(c6ccccc6)c6ccccc6)cccc54)cc32)cc1. The standard InChI is InChI=1S/C60H41N3Si/c1-5-21-42(22-6-1)61-51-32-16-13-31-49(51)50-40-39-43(41-57(50)61)62-54-35-19-36-55(63-52-33-17-14-29-47(52)48-30-15-18-34-53(48)63)59(54)60-56(62)37-20-38-58(60)64(44-23-7-2-8-24-44,45-25-9-3-10-26-45)46-27-11-4-12-28-46/h1-41H. The van der Waals surface area contributed by atoms with Gasteiger partial charge >= 0.3 is 0 Å². The second-order valence-corrected chi connectivity index (χ2v) is 20.6. The molecule has 10 aromatic carbocycles. The van der Waals surface area contributed by atoms with Crippen molar-refractivity contribution in [3.05, 3.63) is 249 Å². The van der Waals surface area contributed by atoms with Crippen molar-refractivity contribution >= 4 is 94.2 Å². The Bertz CT molecular complexity index is 3730. The Kier molecular flexibility index (Phi) is 8.23. The van der Waals surface area contributed by atoms with E-state index in [-0.39, 0.29) is 0 Å². The van der Waals surface area contributed by atoms with Crippen LogP contribution in [-0.2, 0) is 0 Å². The average Bonchev–Trinajstić information content (AvgIpc) is 4.01. The molecule has 0 fully saturated rings.